The summed E-state index contributed by atoms with van der Waals surface area (Å²) in [6, 6.07) is 3.80. The highest BCUT2D eigenvalue weighted by Gasteiger charge is 2.23. The van der Waals surface area contributed by atoms with E-state index >= 15 is 0 Å². The van der Waals surface area contributed by atoms with E-state index in [-0.39, 0.29) is 6.79 Å². The van der Waals surface area contributed by atoms with Crippen molar-refractivity contribution in [3.05, 3.63) is 30.9 Å². The number of benzene rings is 1. The number of nitrogen functional groups attached to an aromatic ring is 1. The van der Waals surface area contributed by atoms with E-state index in [4.69, 9.17) is 24.6 Å². The van der Waals surface area contributed by atoms with Gasteiger partial charge < -0.3 is 29.5 Å². The lowest BCUT2D eigenvalue weighted by Gasteiger charge is -2.12. The maximum absolute atomic E-state index is 6.11. The van der Waals surface area contributed by atoms with Gasteiger partial charge in [-0.2, -0.15) is 0 Å². The molecule has 0 saturated carbocycles. The van der Waals surface area contributed by atoms with Crippen molar-refractivity contribution in [1.29, 1.82) is 0 Å². The number of nitrogens with one attached hydrogen (secondary N) is 1. The highest BCUT2D eigenvalue weighted by Crippen LogP contribution is 2.44. The fraction of sp³-hybridized carbons (Fsp3) is 0.364. The molecule has 0 aliphatic carbocycles. The average Bonchev–Trinajstić information content (AvgIpc) is 3.54. The van der Waals surface area contributed by atoms with Crippen LogP contribution in [0.4, 0.5) is 5.82 Å². The third kappa shape index (κ3) is 4.46. The number of hydrogen-bond donors (Lipinski definition) is 2. The molecule has 0 atom stereocenters. The minimum absolute atomic E-state index is 0.182. The Kier molecular flexibility index (Phi) is 6.05. The van der Waals surface area contributed by atoms with E-state index in [1.807, 2.05) is 12.1 Å². The zero-order chi connectivity index (χ0) is 22.8. The van der Waals surface area contributed by atoms with Crippen LogP contribution in [0.3, 0.4) is 0 Å². The Labute approximate surface area is 194 Å². The molecule has 33 heavy (non-hydrogen) atoms. The van der Waals surface area contributed by atoms with Crippen LogP contribution in [0.5, 0.6) is 11.5 Å². The molecule has 1 aliphatic heterocycles. The van der Waals surface area contributed by atoms with Crippen LogP contribution in [0.25, 0.3) is 22.6 Å². The van der Waals surface area contributed by atoms with Crippen molar-refractivity contribution in [3.8, 4) is 23.0 Å². The van der Waals surface area contributed by atoms with Gasteiger partial charge in [0.1, 0.15) is 12.6 Å². The Hall–Kier alpha value is -3.31. The molecule has 172 valence electrons. The van der Waals surface area contributed by atoms with E-state index in [1.165, 1.54) is 18.1 Å². The first-order valence-electron chi connectivity index (χ1n) is 10.8. The quantitative estimate of drug-likeness (QED) is 0.353. The number of fused-ring (bicyclic) bond motifs is 2. The number of nitrogens with two attached hydrogens (primary N) is 1. The third-order valence-corrected chi connectivity index (χ3v) is 6.33. The molecular formula is C22H25N7O3S. The maximum Gasteiger partial charge on any atom is 0.231 e. The number of rotatable bonds is 9. The Morgan fingerprint density at radius 2 is 2.00 bits per heavy atom. The zero-order valence-corrected chi connectivity index (χ0v) is 19.3. The van der Waals surface area contributed by atoms with Crippen molar-refractivity contribution < 1.29 is 13.9 Å². The van der Waals surface area contributed by atoms with Crippen molar-refractivity contribution >= 4 is 28.7 Å². The van der Waals surface area contributed by atoms with E-state index in [2.05, 4.69) is 38.7 Å². The molecule has 0 radical (unpaired) electrons. The topological polar surface area (TPSA) is 126 Å². The minimum atomic E-state index is 0.182. The Balaban J connectivity index is 1.49. The van der Waals surface area contributed by atoms with Crippen molar-refractivity contribution in [3.63, 3.8) is 0 Å². The molecule has 0 saturated heterocycles. The highest BCUT2D eigenvalue weighted by atomic mass is 32.2. The molecule has 3 N–H and O–H groups in total. The van der Waals surface area contributed by atoms with Gasteiger partial charge in [0.15, 0.2) is 33.6 Å². The second-order valence-corrected chi connectivity index (χ2v) is 9.06. The summed E-state index contributed by atoms with van der Waals surface area (Å²) in [5.41, 5.74) is 8.19. The molecule has 5 rings (SSSR count). The van der Waals surface area contributed by atoms with Crippen LogP contribution in [0, 0.1) is 5.92 Å². The van der Waals surface area contributed by atoms with Crippen molar-refractivity contribution in [2.75, 3.05) is 25.6 Å². The van der Waals surface area contributed by atoms with Gasteiger partial charge in [-0.3, -0.25) is 0 Å². The molecule has 4 heterocycles. The van der Waals surface area contributed by atoms with Crippen LogP contribution in [0.1, 0.15) is 20.3 Å². The van der Waals surface area contributed by atoms with E-state index in [1.54, 1.807) is 12.5 Å². The third-order valence-electron chi connectivity index (χ3n) is 5.27. The molecule has 0 bridgehead atoms. The van der Waals surface area contributed by atoms with Crippen LogP contribution in [0.15, 0.2) is 45.4 Å². The molecule has 4 aromatic rings. The van der Waals surface area contributed by atoms with Crippen LogP contribution < -0.4 is 20.5 Å². The predicted octanol–water partition coefficient (Wildman–Crippen LogP) is 3.58. The normalized spacial score (nSPS) is 12.8. The second kappa shape index (κ2) is 9.28. The lowest BCUT2D eigenvalue weighted by atomic mass is 10.1. The van der Waals surface area contributed by atoms with Gasteiger partial charge in [0.05, 0.1) is 11.8 Å². The molecule has 11 heteroatoms. The van der Waals surface area contributed by atoms with E-state index in [9.17, 15) is 0 Å². The zero-order valence-electron chi connectivity index (χ0n) is 18.4. The molecule has 0 fully saturated rings. The van der Waals surface area contributed by atoms with Crippen molar-refractivity contribution in [2.24, 2.45) is 5.92 Å². The predicted molar refractivity (Wildman–Crippen MR) is 124 cm³/mol. The molecule has 0 amide bonds. The number of ether oxygens (including phenoxy) is 2. The van der Waals surface area contributed by atoms with Gasteiger partial charge >= 0.3 is 0 Å². The Bertz CT molecular complexity index is 1260. The monoisotopic (exact) mass is 467 g/mol. The Morgan fingerprint density at radius 1 is 1.15 bits per heavy atom. The molecule has 1 aliphatic rings. The van der Waals surface area contributed by atoms with Crippen LogP contribution in [-0.4, -0.2) is 44.4 Å². The summed E-state index contributed by atoms with van der Waals surface area (Å²) in [4.78, 5) is 18.5. The molecule has 10 nitrogen and oxygen atoms in total. The smallest absolute Gasteiger partial charge is 0.231 e. The summed E-state index contributed by atoms with van der Waals surface area (Å²) in [5.74, 6) is 2.83. The molecule has 0 unspecified atom stereocenters. The first kappa shape index (κ1) is 21.5. The summed E-state index contributed by atoms with van der Waals surface area (Å²) in [7, 11) is 0. The van der Waals surface area contributed by atoms with Gasteiger partial charge in [-0.25, -0.2) is 19.9 Å². The Morgan fingerprint density at radius 3 is 2.79 bits per heavy atom. The lowest BCUT2D eigenvalue weighted by molar-refractivity contribution is 0.174. The van der Waals surface area contributed by atoms with Gasteiger partial charge in [-0.1, -0.05) is 25.6 Å². The lowest BCUT2D eigenvalue weighted by Crippen LogP contribution is -2.22. The SMILES string of the molecule is CC(C)CCNCCn1c(Sc2cc3c(cc2-c2ncco2)OCO3)nc2c(N)ncnc21. The van der Waals surface area contributed by atoms with Crippen LogP contribution in [-0.2, 0) is 6.54 Å². The number of nitrogens with zero attached hydrogens (tertiary/aromatic N) is 5. The number of imidazole rings is 1. The molecule has 1 aromatic carbocycles. The standard InChI is InChI=1S/C22H25N7O3S/c1-13(2)3-4-24-5-7-29-20-18(19(23)26-11-27-20)28-22(29)33-17-10-16-15(31-12-32-16)9-14(17)21-25-6-8-30-21/h6,8-11,13,24H,3-5,7,12H2,1-2H3,(H2,23,26,27). The second-order valence-electron chi connectivity index (χ2n) is 8.05. The van der Waals surface area contributed by atoms with Gasteiger partial charge in [-0.15, -0.1) is 0 Å². The van der Waals surface area contributed by atoms with E-state index in [0.29, 0.717) is 46.8 Å². The number of hydrogen-bond acceptors (Lipinski definition) is 10. The fourth-order valence-electron chi connectivity index (χ4n) is 3.55. The summed E-state index contributed by atoms with van der Waals surface area (Å²) in [6.45, 7) is 7.05. The van der Waals surface area contributed by atoms with Gasteiger partial charge in [0.2, 0.25) is 12.7 Å². The number of aromatic nitrogens is 5. The van der Waals surface area contributed by atoms with Crippen LogP contribution >= 0.6 is 11.8 Å². The van der Waals surface area contributed by atoms with Crippen LogP contribution in [0.2, 0.25) is 0 Å². The first-order valence-corrected chi connectivity index (χ1v) is 11.6. The van der Waals surface area contributed by atoms with Gasteiger partial charge in [0, 0.05) is 18.0 Å². The van der Waals surface area contributed by atoms with Gasteiger partial charge in [0.25, 0.3) is 0 Å². The molecule has 0 spiro atoms. The summed E-state index contributed by atoms with van der Waals surface area (Å²) >= 11 is 1.47. The molecule has 3 aromatic heterocycles. The average molecular weight is 468 g/mol. The number of anilines is 1. The van der Waals surface area contributed by atoms with Gasteiger partial charge in [-0.05, 0) is 31.0 Å². The van der Waals surface area contributed by atoms with Crippen molar-refractivity contribution in [2.45, 2.75) is 36.9 Å². The maximum atomic E-state index is 6.11. The first-order chi connectivity index (χ1) is 16.1. The molecular weight excluding hydrogens is 442 g/mol. The minimum Gasteiger partial charge on any atom is -0.454 e. The summed E-state index contributed by atoms with van der Waals surface area (Å²) < 4.78 is 18.8. The number of oxazole rings is 1. The van der Waals surface area contributed by atoms with E-state index < -0.39 is 0 Å². The largest absolute Gasteiger partial charge is 0.454 e. The highest BCUT2D eigenvalue weighted by molar-refractivity contribution is 7.99. The van der Waals surface area contributed by atoms with E-state index in [0.717, 1.165) is 35.1 Å². The summed E-state index contributed by atoms with van der Waals surface area (Å²) in [5, 5.41) is 4.24. The summed E-state index contributed by atoms with van der Waals surface area (Å²) in [6.07, 6.45) is 5.75. The fourth-order valence-corrected chi connectivity index (χ4v) is 4.59. The van der Waals surface area contributed by atoms with Crippen molar-refractivity contribution in [1.82, 2.24) is 29.8 Å².